The lowest BCUT2D eigenvalue weighted by atomic mass is 9.70. The molecular weight excluding hydrogens is 176 g/mol. The van der Waals surface area contributed by atoms with Crippen molar-refractivity contribution in [2.24, 2.45) is 5.41 Å². The zero-order chi connectivity index (χ0) is 10.3. The van der Waals surface area contributed by atoms with Crippen LogP contribution in [0.3, 0.4) is 0 Å². The van der Waals surface area contributed by atoms with Crippen LogP contribution in [0, 0.1) is 5.41 Å². The SMILES string of the molecule is CC1=CC(=O)C=C(C)C12CCC(O)C2. The molecule has 2 rings (SSSR count). The topological polar surface area (TPSA) is 37.3 Å². The molecule has 1 atom stereocenters. The van der Waals surface area contributed by atoms with E-state index in [1.54, 1.807) is 12.2 Å². The molecule has 2 nitrogen and oxygen atoms in total. The molecule has 0 radical (unpaired) electrons. The van der Waals surface area contributed by atoms with Crippen LogP contribution >= 0.6 is 0 Å². The maximum atomic E-state index is 11.3. The molecule has 2 aliphatic carbocycles. The first-order valence-corrected chi connectivity index (χ1v) is 5.14. The van der Waals surface area contributed by atoms with Crippen LogP contribution in [-0.2, 0) is 4.79 Å². The first-order valence-electron chi connectivity index (χ1n) is 5.14. The third-order valence-electron chi connectivity index (χ3n) is 3.72. The minimum atomic E-state index is -0.199. The number of carbonyl (C=O) groups is 1. The number of rotatable bonds is 0. The van der Waals surface area contributed by atoms with Crippen LogP contribution in [0.2, 0.25) is 0 Å². The third-order valence-corrected chi connectivity index (χ3v) is 3.72. The largest absolute Gasteiger partial charge is 0.393 e. The Balaban J connectivity index is 2.39. The molecule has 0 aromatic carbocycles. The van der Waals surface area contributed by atoms with Gasteiger partial charge in [-0.05, 0) is 45.3 Å². The van der Waals surface area contributed by atoms with Gasteiger partial charge in [0.25, 0.3) is 0 Å². The monoisotopic (exact) mass is 192 g/mol. The Morgan fingerprint density at radius 1 is 1.36 bits per heavy atom. The number of carbonyl (C=O) groups excluding carboxylic acids is 1. The molecule has 0 bridgehead atoms. The highest BCUT2D eigenvalue weighted by atomic mass is 16.3. The van der Waals surface area contributed by atoms with Crippen LogP contribution in [0.5, 0.6) is 0 Å². The fourth-order valence-electron chi connectivity index (χ4n) is 2.79. The van der Waals surface area contributed by atoms with Crippen molar-refractivity contribution in [2.75, 3.05) is 0 Å². The van der Waals surface area contributed by atoms with Gasteiger partial charge < -0.3 is 5.11 Å². The lowest BCUT2D eigenvalue weighted by molar-refractivity contribution is -0.110. The van der Waals surface area contributed by atoms with Crippen LogP contribution in [0.1, 0.15) is 33.1 Å². The molecule has 0 aliphatic heterocycles. The summed E-state index contributed by atoms with van der Waals surface area (Å²) < 4.78 is 0. The highest BCUT2D eigenvalue weighted by molar-refractivity contribution is 6.01. The predicted molar refractivity (Wildman–Crippen MR) is 54.8 cm³/mol. The van der Waals surface area contributed by atoms with Gasteiger partial charge in [-0.1, -0.05) is 11.1 Å². The maximum absolute atomic E-state index is 11.3. The van der Waals surface area contributed by atoms with Crippen molar-refractivity contribution in [3.05, 3.63) is 23.3 Å². The van der Waals surface area contributed by atoms with E-state index in [0.29, 0.717) is 0 Å². The summed E-state index contributed by atoms with van der Waals surface area (Å²) in [4.78, 5) is 11.3. The average Bonchev–Trinajstić information content (AvgIpc) is 2.46. The van der Waals surface area contributed by atoms with Crippen LogP contribution in [0.15, 0.2) is 23.3 Å². The summed E-state index contributed by atoms with van der Waals surface area (Å²) in [5.41, 5.74) is 2.24. The van der Waals surface area contributed by atoms with Gasteiger partial charge in [0.2, 0.25) is 0 Å². The molecule has 1 N–H and O–H groups in total. The van der Waals surface area contributed by atoms with Gasteiger partial charge in [0, 0.05) is 5.41 Å². The summed E-state index contributed by atoms with van der Waals surface area (Å²) in [5, 5.41) is 9.61. The van der Waals surface area contributed by atoms with Crippen molar-refractivity contribution in [3.8, 4) is 0 Å². The standard InChI is InChI=1S/C12H16O2/c1-8-5-11(14)6-9(2)12(8)4-3-10(13)7-12/h5-6,10,13H,3-4,7H2,1-2H3. The minimum Gasteiger partial charge on any atom is -0.393 e. The van der Waals surface area contributed by atoms with Crippen molar-refractivity contribution in [1.82, 2.24) is 0 Å². The quantitative estimate of drug-likeness (QED) is 0.637. The van der Waals surface area contributed by atoms with E-state index in [0.717, 1.165) is 30.4 Å². The van der Waals surface area contributed by atoms with Crippen molar-refractivity contribution in [1.29, 1.82) is 0 Å². The smallest absolute Gasteiger partial charge is 0.178 e. The lowest BCUT2D eigenvalue weighted by Crippen LogP contribution is -2.25. The van der Waals surface area contributed by atoms with E-state index >= 15 is 0 Å². The van der Waals surface area contributed by atoms with Gasteiger partial charge in [-0.2, -0.15) is 0 Å². The summed E-state index contributed by atoms with van der Waals surface area (Å²) in [6.07, 6.45) is 5.84. The molecule has 1 saturated carbocycles. The van der Waals surface area contributed by atoms with Crippen LogP contribution in [0.4, 0.5) is 0 Å². The summed E-state index contributed by atoms with van der Waals surface area (Å²) in [6, 6.07) is 0. The molecule has 76 valence electrons. The van der Waals surface area contributed by atoms with E-state index in [1.807, 2.05) is 13.8 Å². The Morgan fingerprint density at radius 3 is 2.36 bits per heavy atom. The second kappa shape index (κ2) is 3.06. The molecule has 1 fully saturated rings. The number of hydrogen-bond acceptors (Lipinski definition) is 2. The van der Waals surface area contributed by atoms with E-state index in [9.17, 15) is 9.90 Å². The zero-order valence-corrected chi connectivity index (χ0v) is 8.71. The van der Waals surface area contributed by atoms with Gasteiger partial charge in [0.15, 0.2) is 5.78 Å². The molecule has 0 amide bonds. The Morgan fingerprint density at radius 2 is 1.93 bits per heavy atom. The highest BCUT2D eigenvalue weighted by Gasteiger charge is 2.42. The first-order chi connectivity index (χ1) is 6.54. The Kier molecular flexibility index (Phi) is 2.11. The second-order valence-electron chi connectivity index (χ2n) is 4.54. The van der Waals surface area contributed by atoms with Crippen molar-refractivity contribution >= 4 is 5.78 Å². The van der Waals surface area contributed by atoms with Gasteiger partial charge in [-0.3, -0.25) is 4.79 Å². The third kappa shape index (κ3) is 1.25. The minimum absolute atomic E-state index is 0.00662. The van der Waals surface area contributed by atoms with Crippen molar-refractivity contribution < 1.29 is 9.90 Å². The van der Waals surface area contributed by atoms with Gasteiger partial charge in [-0.15, -0.1) is 0 Å². The van der Waals surface area contributed by atoms with E-state index < -0.39 is 0 Å². The first kappa shape index (κ1) is 9.66. The normalized spacial score (nSPS) is 30.5. The van der Waals surface area contributed by atoms with Gasteiger partial charge in [0.1, 0.15) is 0 Å². The van der Waals surface area contributed by atoms with E-state index in [4.69, 9.17) is 0 Å². The molecular formula is C12H16O2. The van der Waals surface area contributed by atoms with Crippen LogP contribution < -0.4 is 0 Å². The summed E-state index contributed by atoms with van der Waals surface area (Å²) in [6.45, 7) is 4.01. The number of allylic oxidation sites excluding steroid dienone is 4. The van der Waals surface area contributed by atoms with E-state index in [-0.39, 0.29) is 17.3 Å². The number of hydrogen-bond donors (Lipinski definition) is 1. The Bertz CT molecular complexity index is 314. The van der Waals surface area contributed by atoms with Crippen LogP contribution in [0.25, 0.3) is 0 Å². The molecule has 0 heterocycles. The summed E-state index contributed by atoms with van der Waals surface area (Å²) >= 11 is 0. The molecule has 0 aromatic rings. The summed E-state index contributed by atoms with van der Waals surface area (Å²) in [5.74, 6) is 0.0898. The van der Waals surface area contributed by atoms with Crippen molar-refractivity contribution in [2.45, 2.75) is 39.2 Å². The summed E-state index contributed by atoms with van der Waals surface area (Å²) in [7, 11) is 0. The molecule has 14 heavy (non-hydrogen) atoms. The maximum Gasteiger partial charge on any atom is 0.178 e. The zero-order valence-electron chi connectivity index (χ0n) is 8.71. The Hall–Kier alpha value is -0.890. The molecule has 0 aromatic heterocycles. The fourth-order valence-corrected chi connectivity index (χ4v) is 2.79. The second-order valence-corrected chi connectivity index (χ2v) is 4.54. The molecule has 1 spiro atoms. The number of aliphatic hydroxyl groups is 1. The fraction of sp³-hybridized carbons (Fsp3) is 0.583. The molecule has 1 unspecified atom stereocenters. The van der Waals surface area contributed by atoms with Gasteiger partial charge in [0.05, 0.1) is 6.10 Å². The number of ketones is 1. The van der Waals surface area contributed by atoms with E-state index in [1.165, 1.54) is 0 Å². The average molecular weight is 192 g/mol. The van der Waals surface area contributed by atoms with Gasteiger partial charge >= 0.3 is 0 Å². The van der Waals surface area contributed by atoms with Crippen LogP contribution in [-0.4, -0.2) is 17.0 Å². The number of aliphatic hydroxyl groups excluding tert-OH is 1. The predicted octanol–water partition coefficient (Wildman–Crippen LogP) is 1.99. The highest BCUT2D eigenvalue weighted by Crippen LogP contribution is 2.50. The molecule has 2 heteroatoms. The molecule has 2 aliphatic rings. The molecule has 0 saturated heterocycles. The van der Waals surface area contributed by atoms with E-state index in [2.05, 4.69) is 0 Å². The van der Waals surface area contributed by atoms with Crippen molar-refractivity contribution in [3.63, 3.8) is 0 Å². The van der Waals surface area contributed by atoms with Gasteiger partial charge in [-0.25, -0.2) is 0 Å². The lowest BCUT2D eigenvalue weighted by Gasteiger charge is -2.33. The Labute approximate surface area is 84.3 Å².